The van der Waals surface area contributed by atoms with Crippen LogP contribution < -0.4 is 0 Å². The first-order valence-electron chi connectivity index (χ1n) is 21.4. The van der Waals surface area contributed by atoms with Crippen molar-refractivity contribution in [3.8, 4) is 11.8 Å². The number of carbonyl (C=O) groups is 2. The molecule has 1 aromatic carbocycles. The van der Waals surface area contributed by atoms with E-state index in [9.17, 15) is 19.8 Å². The second kappa shape index (κ2) is 17.0. The predicted octanol–water partition coefficient (Wildman–Crippen LogP) is 9.69. The minimum atomic E-state index is -1.38. The molecule has 0 radical (unpaired) electrons. The largest absolute Gasteiger partial charge is 0.462 e. The van der Waals surface area contributed by atoms with Crippen LogP contribution in [0.4, 0.5) is 0 Å². The molecule has 1 unspecified atom stereocenters. The van der Waals surface area contributed by atoms with Gasteiger partial charge in [0.1, 0.15) is 12.7 Å². The quantitative estimate of drug-likeness (QED) is 0.100. The minimum absolute atomic E-state index is 0.205. The fourth-order valence-electron chi connectivity index (χ4n) is 12.3. The van der Waals surface area contributed by atoms with Gasteiger partial charge in [0.2, 0.25) is 0 Å². The number of aliphatic hydroxyl groups is 2. The summed E-state index contributed by atoms with van der Waals surface area (Å²) in [6.07, 6.45) is 18.3. The molecule has 6 rings (SSSR count). The van der Waals surface area contributed by atoms with Gasteiger partial charge in [-0.1, -0.05) is 108 Å². The number of cyclic esters (lactones) is 1. The Morgan fingerprint density at radius 2 is 1.77 bits per heavy atom. The molecule has 3 aliphatic carbocycles. The van der Waals surface area contributed by atoms with E-state index in [0.717, 1.165) is 50.5 Å². The lowest BCUT2D eigenvalue weighted by atomic mass is 9.36. The van der Waals surface area contributed by atoms with Crippen LogP contribution in [0.5, 0.6) is 0 Å². The highest BCUT2D eigenvalue weighted by atomic mass is 16.5. The van der Waals surface area contributed by atoms with E-state index in [1.807, 2.05) is 0 Å². The van der Waals surface area contributed by atoms with Crippen LogP contribution in [0.15, 0.2) is 42.0 Å². The van der Waals surface area contributed by atoms with E-state index in [1.54, 1.807) is 6.08 Å². The molecule has 0 aromatic heterocycles. The number of esters is 2. The molecule has 2 heterocycles. The molecule has 0 spiro atoms. The average Bonchev–Trinajstić information content (AvgIpc) is 3.80. The fourth-order valence-corrected chi connectivity index (χ4v) is 12.3. The molecule has 0 amide bonds. The van der Waals surface area contributed by atoms with Gasteiger partial charge in [-0.2, -0.15) is 0 Å². The van der Waals surface area contributed by atoms with Crippen LogP contribution in [0.25, 0.3) is 0 Å². The molecule has 292 valence electrons. The van der Waals surface area contributed by atoms with Crippen molar-refractivity contribution in [2.75, 3.05) is 6.61 Å². The highest BCUT2D eigenvalue weighted by Gasteiger charge is 2.75. The van der Waals surface area contributed by atoms with E-state index in [4.69, 9.17) is 9.47 Å². The maximum absolute atomic E-state index is 13.9. The molecule has 3 saturated carbocycles. The lowest BCUT2D eigenvalue weighted by Gasteiger charge is -2.71. The summed E-state index contributed by atoms with van der Waals surface area (Å²) in [5, 5.41) is 26.7. The standard InChI is InChI=1S/C47H68O6/c1-5-6-8-19-36-22-23-38(30-36)45(4)28-25-40(48)46(27-14-16-34(2)15-13-20-35-17-9-7-10-18-35)43(45)39-32-44(3,26-12-11-21-41(49)53-39)47(46,51)29-24-37-31-42(50)52-33-37/h7,9-10,17-18,31,34,36,38-40,43,48,51H,5-6,8,11,13-16,19-25,27-30,32-33H2,1-4H3/t34-,36+,38-,39+,40-,43?,44+,45-,46-,47-/m1/s1. The van der Waals surface area contributed by atoms with Gasteiger partial charge in [0.05, 0.1) is 23.5 Å². The van der Waals surface area contributed by atoms with Crippen molar-refractivity contribution in [3.63, 3.8) is 0 Å². The SMILES string of the molecule is CCCCC[C@H]1CC[C@@H]([C@@]2(C)CC[C@@H](O)[C@]3(CCC[C@H](C)CCCc4ccccc4)C2[C@@H]2C[C@](C)(C#CCCC(=O)O2)[C@]3(O)CCC2=CC(=O)OC2)C1. The zero-order valence-corrected chi connectivity index (χ0v) is 33.3. The van der Waals surface area contributed by atoms with E-state index >= 15 is 0 Å². The zero-order valence-electron chi connectivity index (χ0n) is 33.3. The number of carbonyl (C=O) groups excluding carboxylic acids is 2. The topological polar surface area (TPSA) is 93.1 Å². The van der Waals surface area contributed by atoms with Crippen molar-refractivity contribution in [3.05, 3.63) is 47.5 Å². The number of hydrogen-bond donors (Lipinski definition) is 2. The Bertz CT molecular complexity index is 1510. The minimum Gasteiger partial charge on any atom is -0.462 e. The molecule has 1 aromatic rings. The van der Waals surface area contributed by atoms with Crippen LogP contribution >= 0.6 is 0 Å². The van der Waals surface area contributed by atoms with E-state index in [0.29, 0.717) is 56.3 Å². The molecular weight excluding hydrogens is 661 g/mol. The third-order valence-corrected chi connectivity index (χ3v) is 15.1. The van der Waals surface area contributed by atoms with Gasteiger partial charge in [0.25, 0.3) is 0 Å². The van der Waals surface area contributed by atoms with Gasteiger partial charge in [-0.25, -0.2) is 4.79 Å². The third kappa shape index (κ3) is 8.18. The molecular formula is C47H68O6. The number of aryl methyl sites for hydroxylation is 1. The Labute approximate surface area is 320 Å². The molecule has 0 saturated heterocycles. The Morgan fingerprint density at radius 1 is 0.981 bits per heavy atom. The number of benzene rings is 1. The highest BCUT2D eigenvalue weighted by molar-refractivity contribution is 5.85. The Kier molecular flexibility index (Phi) is 12.9. The number of rotatable bonds is 16. The Balaban J connectivity index is 1.37. The van der Waals surface area contributed by atoms with Gasteiger partial charge in [-0.15, -0.1) is 5.92 Å². The third-order valence-electron chi connectivity index (χ3n) is 15.1. The number of fused-ring (bicyclic) bond motifs is 4. The van der Waals surface area contributed by atoms with E-state index < -0.39 is 28.6 Å². The molecule has 53 heavy (non-hydrogen) atoms. The summed E-state index contributed by atoms with van der Waals surface area (Å²) in [7, 11) is 0. The van der Waals surface area contributed by atoms with Crippen molar-refractivity contribution in [1.29, 1.82) is 0 Å². The summed E-state index contributed by atoms with van der Waals surface area (Å²) in [4.78, 5) is 25.7. The maximum Gasteiger partial charge on any atom is 0.331 e. The first-order valence-corrected chi connectivity index (χ1v) is 21.4. The Hall–Kier alpha value is -2.62. The maximum atomic E-state index is 13.9. The fraction of sp³-hybridized carbons (Fsp3) is 0.745. The number of aliphatic hydroxyl groups excluding tert-OH is 1. The summed E-state index contributed by atoms with van der Waals surface area (Å²) in [6.45, 7) is 9.37. The summed E-state index contributed by atoms with van der Waals surface area (Å²) in [5.41, 5.74) is -1.19. The van der Waals surface area contributed by atoms with Crippen LogP contribution in [-0.4, -0.2) is 46.6 Å². The monoisotopic (exact) mass is 729 g/mol. The molecule has 5 aliphatic rings. The lowest BCUT2D eigenvalue weighted by Crippen LogP contribution is -2.76. The van der Waals surface area contributed by atoms with E-state index in [1.165, 1.54) is 44.1 Å². The lowest BCUT2D eigenvalue weighted by molar-refractivity contribution is -0.313. The van der Waals surface area contributed by atoms with Gasteiger partial charge >= 0.3 is 11.9 Å². The highest BCUT2D eigenvalue weighted by Crippen LogP contribution is 2.72. The van der Waals surface area contributed by atoms with Crippen molar-refractivity contribution in [1.82, 2.24) is 0 Å². The van der Waals surface area contributed by atoms with Crippen LogP contribution in [0.3, 0.4) is 0 Å². The average molecular weight is 729 g/mol. The smallest absolute Gasteiger partial charge is 0.331 e. The van der Waals surface area contributed by atoms with Crippen molar-refractivity contribution in [2.24, 2.45) is 39.9 Å². The van der Waals surface area contributed by atoms with Crippen LogP contribution in [-0.2, 0) is 25.5 Å². The molecule has 2 N–H and O–H groups in total. The molecule has 6 heteroatoms. The van der Waals surface area contributed by atoms with Crippen LogP contribution in [0, 0.1) is 51.8 Å². The van der Waals surface area contributed by atoms with Gasteiger partial charge in [0.15, 0.2) is 0 Å². The predicted molar refractivity (Wildman–Crippen MR) is 209 cm³/mol. The molecule has 2 bridgehead atoms. The van der Waals surface area contributed by atoms with Gasteiger partial charge < -0.3 is 19.7 Å². The Morgan fingerprint density at radius 3 is 2.53 bits per heavy atom. The van der Waals surface area contributed by atoms with Crippen molar-refractivity contribution >= 4 is 11.9 Å². The van der Waals surface area contributed by atoms with Gasteiger partial charge in [0, 0.05) is 30.3 Å². The number of unbranched alkanes of at least 4 members (excludes halogenated alkanes) is 2. The first-order chi connectivity index (χ1) is 25.4. The summed E-state index contributed by atoms with van der Waals surface area (Å²) in [5.74, 6) is 7.77. The van der Waals surface area contributed by atoms with Crippen LogP contribution in [0.1, 0.15) is 155 Å². The second-order valence-corrected chi connectivity index (χ2v) is 18.5. The second-order valence-electron chi connectivity index (χ2n) is 18.5. The zero-order chi connectivity index (χ0) is 37.7. The van der Waals surface area contributed by atoms with E-state index in [-0.39, 0.29) is 36.3 Å². The molecule has 3 fully saturated rings. The van der Waals surface area contributed by atoms with Crippen molar-refractivity contribution < 1.29 is 29.3 Å². The number of ether oxygens (including phenoxy) is 2. The number of hydrogen-bond acceptors (Lipinski definition) is 6. The van der Waals surface area contributed by atoms with Crippen LogP contribution in [0.2, 0.25) is 0 Å². The summed E-state index contributed by atoms with van der Waals surface area (Å²) in [6, 6.07) is 10.7. The van der Waals surface area contributed by atoms with Gasteiger partial charge in [-0.3, -0.25) is 4.79 Å². The summed E-state index contributed by atoms with van der Waals surface area (Å²) >= 11 is 0. The van der Waals surface area contributed by atoms with Crippen molar-refractivity contribution in [2.45, 2.75) is 174 Å². The molecule has 2 aliphatic heterocycles. The normalized spacial score (nSPS) is 37.2. The van der Waals surface area contributed by atoms with Gasteiger partial charge in [-0.05, 0) is 99.0 Å². The first kappa shape index (κ1) is 40.1. The molecule has 6 nitrogen and oxygen atoms in total. The van der Waals surface area contributed by atoms with E-state index in [2.05, 4.69) is 69.9 Å². The molecule has 10 atom stereocenters. The summed E-state index contributed by atoms with van der Waals surface area (Å²) < 4.78 is 11.9.